The van der Waals surface area contributed by atoms with Crippen LogP contribution in [0, 0.1) is 6.07 Å². The van der Waals surface area contributed by atoms with E-state index in [2.05, 4.69) is 215 Å². The summed E-state index contributed by atoms with van der Waals surface area (Å²) in [5, 5.41) is 12.3. The van der Waals surface area contributed by atoms with Gasteiger partial charge in [-0.25, -0.2) is 4.98 Å². The number of imidazole rings is 1. The minimum Gasteiger partial charge on any atom is -0.507 e. The molecule has 2 aromatic heterocycles. The predicted molar refractivity (Wildman–Crippen MR) is 261 cm³/mol. The van der Waals surface area contributed by atoms with Gasteiger partial charge in [0.05, 0.1) is 16.6 Å². The van der Waals surface area contributed by atoms with Crippen LogP contribution in [0.3, 0.4) is 0 Å². The van der Waals surface area contributed by atoms with Gasteiger partial charge in [-0.05, 0) is 85.4 Å². The molecule has 0 aliphatic carbocycles. The normalized spacial score (nSPS) is 12.4. The molecular formula is C58H60N3OPt-. The number of nitrogens with zero attached hydrogens (tertiary/aromatic N) is 3. The van der Waals surface area contributed by atoms with E-state index in [-0.39, 0.29) is 48.5 Å². The minimum atomic E-state index is -0.302. The molecule has 5 heteroatoms. The summed E-state index contributed by atoms with van der Waals surface area (Å²) in [5.74, 6) is 0.946. The number of phenols is 1. The standard InChI is InChI=1S/C58H60N3O.Pt/c1-55(2,3)43-31-40(32-44(34-43)56(4,5)6)39-28-41(30-42(29-39)50-33-38(26-27-59-50)37-20-15-13-16-21-37)47-24-19-25-51-52(47)60-54(61(51)46-22-17-14-18-23-46)48-35-45(57(7,8)9)36-49(53(48)62)58(10,11)12;/h13-29,31-36,62H,1-12H3;/q-1;. The van der Waals surface area contributed by atoms with Crippen molar-refractivity contribution in [1.82, 2.24) is 14.5 Å². The maximum Gasteiger partial charge on any atom is 0.148 e. The Labute approximate surface area is 389 Å². The molecule has 8 rings (SSSR count). The molecule has 4 nitrogen and oxygen atoms in total. The number of para-hydroxylation sites is 2. The summed E-state index contributed by atoms with van der Waals surface area (Å²) < 4.78 is 2.20. The summed E-state index contributed by atoms with van der Waals surface area (Å²) in [4.78, 5) is 10.5. The summed E-state index contributed by atoms with van der Waals surface area (Å²) in [6, 6.07) is 51.2. The van der Waals surface area contributed by atoms with E-state index in [1.54, 1.807) is 0 Å². The van der Waals surface area contributed by atoms with Crippen molar-refractivity contribution in [3.63, 3.8) is 0 Å². The zero-order chi connectivity index (χ0) is 44.4. The molecule has 0 aliphatic heterocycles. The molecular weight excluding hydrogens is 950 g/mol. The van der Waals surface area contributed by atoms with Gasteiger partial charge in [-0.15, -0.1) is 23.8 Å². The van der Waals surface area contributed by atoms with Gasteiger partial charge in [-0.3, -0.25) is 9.55 Å². The van der Waals surface area contributed by atoms with Crippen LogP contribution in [0.25, 0.3) is 72.7 Å². The fourth-order valence-corrected chi connectivity index (χ4v) is 8.21. The molecule has 0 unspecified atom stereocenters. The third-order valence-corrected chi connectivity index (χ3v) is 12.0. The van der Waals surface area contributed by atoms with Crippen molar-refractivity contribution in [3.05, 3.63) is 168 Å². The van der Waals surface area contributed by atoms with E-state index in [4.69, 9.17) is 9.97 Å². The Bertz CT molecular complexity index is 2900. The molecule has 0 amide bonds. The van der Waals surface area contributed by atoms with Gasteiger partial charge in [0.2, 0.25) is 0 Å². The maximum atomic E-state index is 12.3. The number of rotatable bonds is 6. The SMILES string of the molecule is CC(C)(C)c1cc(-c2cc(-c3cc(-c4ccccc4)ccn3)[c-]c(-c3cccc4c3nc(-c3cc(C(C)(C)C)cc(C(C)(C)C)c3O)n4-c3ccccc3)c2)cc(C(C)(C)C)c1.[Pt]. The van der Waals surface area contributed by atoms with Crippen LogP contribution in [0.15, 0.2) is 140 Å². The second-order valence-corrected chi connectivity index (χ2v) is 21.0. The van der Waals surface area contributed by atoms with Gasteiger partial charge in [0.1, 0.15) is 11.6 Å². The fraction of sp³-hybridized carbons (Fsp3) is 0.276. The Morgan fingerprint density at radius 3 is 1.67 bits per heavy atom. The Morgan fingerprint density at radius 1 is 0.492 bits per heavy atom. The van der Waals surface area contributed by atoms with E-state index >= 15 is 0 Å². The third kappa shape index (κ3) is 9.25. The first kappa shape index (κ1) is 45.5. The molecule has 0 spiro atoms. The molecule has 0 aliphatic rings. The van der Waals surface area contributed by atoms with Crippen LogP contribution in [0.4, 0.5) is 0 Å². The number of fused-ring (bicyclic) bond motifs is 1. The molecule has 6 aromatic carbocycles. The van der Waals surface area contributed by atoms with Crippen molar-refractivity contribution in [3.8, 4) is 67.5 Å². The van der Waals surface area contributed by atoms with Gasteiger partial charge >= 0.3 is 0 Å². The maximum absolute atomic E-state index is 12.3. The zero-order valence-corrected chi connectivity index (χ0v) is 41.2. The first-order valence-electron chi connectivity index (χ1n) is 21.9. The molecule has 8 aromatic rings. The van der Waals surface area contributed by atoms with Crippen molar-refractivity contribution < 1.29 is 26.2 Å². The molecule has 0 saturated heterocycles. The van der Waals surface area contributed by atoms with Gasteiger partial charge in [0, 0.05) is 44.2 Å². The summed E-state index contributed by atoms with van der Waals surface area (Å²) in [6.45, 7) is 26.8. The molecule has 0 radical (unpaired) electrons. The first-order chi connectivity index (χ1) is 29.2. The largest absolute Gasteiger partial charge is 0.507 e. The van der Waals surface area contributed by atoms with Crippen molar-refractivity contribution >= 4 is 11.0 Å². The van der Waals surface area contributed by atoms with Crippen LogP contribution < -0.4 is 0 Å². The van der Waals surface area contributed by atoms with Crippen LogP contribution in [0.2, 0.25) is 0 Å². The summed E-state index contributed by atoms with van der Waals surface area (Å²) in [6.07, 6.45) is 1.90. The second-order valence-electron chi connectivity index (χ2n) is 21.0. The average molecular weight is 1010 g/mol. The molecule has 1 N–H and O–H groups in total. The van der Waals surface area contributed by atoms with E-state index in [0.717, 1.165) is 72.5 Å². The fourth-order valence-electron chi connectivity index (χ4n) is 8.21. The van der Waals surface area contributed by atoms with Gasteiger partial charge in [-0.1, -0.05) is 191 Å². The van der Waals surface area contributed by atoms with Crippen LogP contribution in [-0.4, -0.2) is 19.6 Å². The molecule has 63 heavy (non-hydrogen) atoms. The van der Waals surface area contributed by atoms with Crippen molar-refractivity contribution in [2.45, 2.75) is 105 Å². The number of hydrogen-bond acceptors (Lipinski definition) is 3. The monoisotopic (exact) mass is 1010 g/mol. The van der Waals surface area contributed by atoms with Crippen LogP contribution in [0.5, 0.6) is 5.75 Å². The van der Waals surface area contributed by atoms with E-state index < -0.39 is 0 Å². The van der Waals surface area contributed by atoms with E-state index in [1.165, 1.54) is 11.1 Å². The van der Waals surface area contributed by atoms with Gasteiger partial charge in [0.15, 0.2) is 0 Å². The number of benzene rings is 6. The third-order valence-electron chi connectivity index (χ3n) is 12.0. The van der Waals surface area contributed by atoms with Crippen LogP contribution in [-0.2, 0) is 42.7 Å². The summed E-state index contributed by atoms with van der Waals surface area (Å²) >= 11 is 0. The Kier molecular flexibility index (Phi) is 12.2. The Morgan fingerprint density at radius 2 is 1.06 bits per heavy atom. The van der Waals surface area contributed by atoms with Gasteiger partial charge in [-0.2, -0.15) is 0 Å². The summed E-state index contributed by atoms with van der Waals surface area (Å²) in [5.41, 5.74) is 15.6. The smallest absolute Gasteiger partial charge is 0.148 e. The van der Waals surface area contributed by atoms with E-state index in [0.29, 0.717) is 11.4 Å². The van der Waals surface area contributed by atoms with Crippen LogP contribution >= 0.6 is 0 Å². The molecule has 0 atom stereocenters. The van der Waals surface area contributed by atoms with Crippen molar-refractivity contribution in [2.75, 3.05) is 0 Å². The van der Waals surface area contributed by atoms with E-state index in [9.17, 15) is 5.11 Å². The number of phenolic OH excluding ortho intramolecular Hbond substituents is 1. The molecule has 0 saturated carbocycles. The predicted octanol–water partition coefficient (Wildman–Crippen LogP) is 15.4. The van der Waals surface area contributed by atoms with Gasteiger partial charge in [0.25, 0.3) is 0 Å². The molecule has 0 bridgehead atoms. The molecule has 324 valence electrons. The van der Waals surface area contributed by atoms with Crippen molar-refractivity contribution in [1.29, 1.82) is 0 Å². The number of aromatic hydroxyl groups is 1. The number of aromatic nitrogens is 3. The zero-order valence-electron chi connectivity index (χ0n) is 38.9. The quantitative estimate of drug-likeness (QED) is 0.169. The first-order valence-corrected chi connectivity index (χ1v) is 21.9. The Balaban J connectivity index is 0.00000595. The molecule has 0 fully saturated rings. The second kappa shape index (κ2) is 16.9. The van der Waals surface area contributed by atoms with E-state index in [1.807, 2.05) is 18.3 Å². The van der Waals surface area contributed by atoms with Crippen molar-refractivity contribution in [2.24, 2.45) is 0 Å². The number of pyridine rings is 1. The Hall–Kier alpha value is -5.57. The van der Waals surface area contributed by atoms with Gasteiger partial charge < -0.3 is 5.11 Å². The summed E-state index contributed by atoms with van der Waals surface area (Å²) in [7, 11) is 0. The number of hydrogen-bond donors (Lipinski definition) is 1. The minimum absolute atomic E-state index is 0. The molecule has 2 heterocycles. The topological polar surface area (TPSA) is 50.9 Å². The average Bonchev–Trinajstić information content (AvgIpc) is 3.62. The van der Waals surface area contributed by atoms with Crippen LogP contribution in [0.1, 0.15) is 105 Å².